The maximum atomic E-state index is 17.1. The Hall–Kier alpha value is -1.77. The summed E-state index contributed by atoms with van der Waals surface area (Å²) in [4.78, 5) is 0. The standard InChI is InChI=1S/C44H66F2O4Si2/c1-29(2)52(30(3)4,31(5)6)26-23-44(45,46)43(47)22-20-38-36-18-15-33-27-42(48-24-25-49-42)21-19-35(33)39(36)37(28-41(38,43)10)32-13-16-34(17-14-32)50-51(11,12)40(7,8)9/h13-14,16-17,27,29-31,36-38,47H,15,18-22,24-25,28H2,1-12H3/t36-,37?,38-,41-,43-/m0/s1. The van der Waals surface area contributed by atoms with Crippen LogP contribution in [0, 0.1) is 28.7 Å². The van der Waals surface area contributed by atoms with Crippen molar-refractivity contribution in [1.82, 2.24) is 0 Å². The molecule has 4 nitrogen and oxygen atoms in total. The lowest BCUT2D eigenvalue weighted by Crippen LogP contribution is -2.60. The highest BCUT2D eigenvalue weighted by atomic mass is 28.4. The number of allylic oxidation sites excluding steroid dienone is 3. The van der Waals surface area contributed by atoms with Crippen LogP contribution in [0.4, 0.5) is 8.78 Å². The van der Waals surface area contributed by atoms with E-state index >= 15 is 8.78 Å². The van der Waals surface area contributed by atoms with Gasteiger partial charge in [-0.05, 0) is 126 Å². The first-order valence-corrected chi connectivity index (χ1v) is 25.3. The Morgan fingerprint density at radius 2 is 1.50 bits per heavy atom. The van der Waals surface area contributed by atoms with Crippen LogP contribution in [-0.4, -0.2) is 52.0 Å². The number of benzene rings is 1. The molecule has 0 aromatic heterocycles. The van der Waals surface area contributed by atoms with Gasteiger partial charge in [0.15, 0.2) is 5.79 Å². The molecule has 288 valence electrons. The van der Waals surface area contributed by atoms with Crippen molar-refractivity contribution in [3.05, 3.63) is 52.6 Å². The lowest BCUT2D eigenvalue weighted by molar-refractivity contribution is -0.209. The Labute approximate surface area is 315 Å². The van der Waals surface area contributed by atoms with Crippen LogP contribution in [0.5, 0.6) is 5.75 Å². The topological polar surface area (TPSA) is 47.9 Å². The van der Waals surface area contributed by atoms with E-state index in [1.807, 2.05) is 6.92 Å². The predicted molar refractivity (Wildman–Crippen MR) is 213 cm³/mol. The highest BCUT2D eigenvalue weighted by molar-refractivity contribution is 6.90. The molecule has 1 aromatic carbocycles. The van der Waals surface area contributed by atoms with E-state index in [9.17, 15) is 5.11 Å². The summed E-state index contributed by atoms with van der Waals surface area (Å²) in [5, 5.41) is 12.7. The van der Waals surface area contributed by atoms with Crippen molar-refractivity contribution in [3.8, 4) is 17.2 Å². The molecule has 2 saturated carbocycles. The van der Waals surface area contributed by atoms with E-state index in [2.05, 4.69) is 117 Å². The van der Waals surface area contributed by atoms with Crippen LogP contribution >= 0.6 is 0 Å². The molecule has 8 heteroatoms. The van der Waals surface area contributed by atoms with Gasteiger partial charge in [0.05, 0.1) is 13.2 Å². The molecule has 52 heavy (non-hydrogen) atoms. The van der Waals surface area contributed by atoms with Gasteiger partial charge in [0.1, 0.15) is 19.4 Å². The minimum atomic E-state index is -3.53. The Bertz CT molecular complexity index is 1610. The van der Waals surface area contributed by atoms with Crippen molar-refractivity contribution >= 4 is 16.4 Å². The molecular formula is C44H66F2O4Si2. The summed E-state index contributed by atoms with van der Waals surface area (Å²) >= 11 is 0. The molecule has 1 heterocycles. The van der Waals surface area contributed by atoms with Crippen molar-refractivity contribution in [2.45, 2.75) is 172 Å². The smallest absolute Gasteiger partial charge is 0.336 e. The quantitative estimate of drug-likeness (QED) is 0.223. The molecular weight excluding hydrogens is 687 g/mol. The van der Waals surface area contributed by atoms with Crippen LogP contribution in [0.15, 0.2) is 47.1 Å². The van der Waals surface area contributed by atoms with Crippen molar-refractivity contribution in [3.63, 3.8) is 0 Å². The van der Waals surface area contributed by atoms with Crippen molar-refractivity contribution < 1.29 is 27.8 Å². The van der Waals surface area contributed by atoms with E-state index < -0.39 is 39.1 Å². The maximum Gasteiger partial charge on any atom is 0.336 e. The SMILES string of the molecule is CC(C)[Si](C#CC(F)(F)[C@]1(O)CC[C@H]2[C@@H]3CCC4=CC5(CCC4=C3C(c3ccc(O[Si](C)(C)C(C)(C)C)cc3)C[C@@]21C)OCCO5)(C(C)C)C(C)C. The number of hydrogen-bond donors (Lipinski definition) is 1. The largest absolute Gasteiger partial charge is 0.544 e. The third kappa shape index (κ3) is 6.25. The van der Waals surface area contributed by atoms with E-state index in [1.54, 1.807) is 0 Å². The average Bonchev–Trinajstić information content (AvgIpc) is 3.61. The van der Waals surface area contributed by atoms with Gasteiger partial charge in [0.2, 0.25) is 8.32 Å². The van der Waals surface area contributed by atoms with Crippen LogP contribution in [0.25, 0.3) is 0 Å². The Morgan fingerprint density at radius 3 is 2.06 bits per heavy atom. The summed E-state index contributed by atoms with van der Waals surface area (Å²) in [6.45, 7) is 27.3. The maximum absolute atomic E-state index is 17.1. The average molecular weight is 753 g/mol. The minimum Gasteiger partial charge on any atom is -0.544 e. The molecule has 6 rings (SSSR count). The fourth-order valence-corrected chi connectivity index (χ4v) is 17.5. The fraction of sp³-hybridized carbons (Fsp3) is 0.727. The number of rotatable bonds is 7. The van der Waals surface area contributed by atoms with Crippen LogP contribution in [0.2, 0.25) is 34.8 Å². The summed E-state index contributed by atoms with van der Waals surface area (Å²) in [6, 6.07) is 8.48. The number of alkyl halides is 2. The first kappa shape index (κ1) is 39.9. The molecule has 5 aliphatic rings. The summed E-state index contributed by atoms with van der Waals surface area (Å²) in [6.07, 6.45) is 6.69. The van der Waals surface area contributed by atoms with Gasteiger partial charge in [-0.1, -0.05) is 86.9 Å². The first-order valence-electron chi connectivity index (χ1n) is 20.2. The van der Waals surface area contributed by atoms with E-state index in [1.165, 1.54) is 16.7 Å². The third-order valence-electron chi connectivity index (χ3n) is 15.1. The van der Waals surface area contributed by atoms with Crippen LogP contribution in [0.3, 0.4) is 0 Å². The van der Waals surface area contributed by atoms with Gasteiger partial charge < -0.3 is 19.0 Å². The molecule has 0 bridgehead atoms. The summed E-state index contributed by atoms with van der Waals surface area (Å²) in [5.41, 5.74) is 5.94. The molecule has 0 radical (unpaired) electrons. The molecule has 5 atom stereocenters. The molecule has 4 aliphatic carbocycles. The fourth-order valence-electron chi connectivity index (χ4n) is 11.2. The zero-order valence-corrected chi connectivity index (χ0v) is 36.1. The second-order valence-electron chi connectivity index (χ2n) is 19.6. The van der Waals surface area contributed by atoms with Gasteiger partial charge in [-0.25, -0.2) is 0 Å². The van der Waals surface area contributed by atoms with Crippen LogP contribution < -0.4 is 4.43 Å². The molecule has 1 spiro atoms. The van der Waals surface area contributed by atoms with Gasteiger partial charge in [-0.3, -0.25) is 0 Å². The summed E-state index contributed by atoms with van der Waals surface area (Å²) in [5.74, 6) is -0.753. The Morgan fingerprint density at radius 1 is 0.904 bits per heavy atom. The van der Waals surface area contributed by atoms with Gasteiger partial charge >= 0.3 is 5.92 Å². The zero-order valence-electron chi connectivity index (χ0n) is 34.1. The second kappa shape index (κ2) is 13.5. The minimum absolute atomic E-state index is 0.0520. The zero-order chi connectivity index (χ0) is 38.3. The molecule has 1 aliphatic heterocycles. The lowest BCUT2D eigenvalue weighted by atomic mass is 9.50. The van der Waals surface area contributed by atoms with Gasteiger partial charge in [-0.2, -0.15) is 8.78 Å². The van der Waals surface area contributed by atoms with E-state index in [-0.39, 0.29) is 45.8 Å². The molecule has 0 amide bonds. The predicted octanol–water partition coefficient (Wildman–Crippen LogP) is 11.7. The molecule has 1 N–H and O–H groups in total. The van der Waals surface area contributed by atoms with Gasteiger partial charge in [0.25, 0.3) is 0 Å². The van der Waals surface area contributed by atoms with Crippen molar-refractivity contribution in [2.24, 2.45) is 17.3 Å². The van der Waals surface area contributed by atoms with Gasteiger partial charge in [-0.15, -0.1) is 5.54 Å². The Balaban J connectivity index is 1.44. The van der Waals surface area contributed by atoms with Crippen LogP contribution in [0.1, 0.15) is 126 Å². The van der Waals surface area contributed by atoms with Gasteiger partial charge in [0, 0.05) is 17.8 Å². The number of hydrogen-bond acceptors (Lipinski definition) is 4. The molecule has 3 fully saturated rings. The highest BCUT2D eigenvalue weighted by Gasteiger charge is 2.71. The normalized spacial score (nSPS) is 30.7. The second-order valence-corrected chi connectivity index (χ2v) is 29.9. The highest BCUT2D eigenvalue weighted by Crippen LogP contribution is 2.69. The number of ether oxygens (including phenoxy) is 2. The monoisotopic (exact) mass is 752 g/mol. The van der Waals surface area contributed by atoms with E-state index in [4.69, 9.17) is 13.9 Å². The number of halogens is 2. The van der Waals surface area contributed by atoms with Crippen LogP contribution in [-0.2, 0) is 9.47 Å². The third-order valence-corrected chi connectivity index (χ3v) is 25.8. The Kier molecular flexibility index (Phi) is 10.3. The molecule has 1 saturated heterocycles. The van der Waals surface area contributed by atoms with E-state index in [0.29, 0.717) is 26.1 Å². The number of aliphatic hydroxyl groups is 1. The van der Waals surface area contributed by atoms with Crippen molar-refractivity contribution in [2.75, 3.05) is 13.2 Å². The summed E-state index contributed by atoms with van der Waals surface area (Å²) in [7, 11) is -4.50. The molecule has 1 unspecified atom stereocenters. The van der Waals surface area contributed by atoms with E-state index in [0.717, 1.165) is 37.0 Å². The lowest BCUT2D eigenvalue weighted by Gasteiger charge is -2.55. The molecule has 1 aromatic rings. The first-order chi connectivity index (χ1) is 24.0. The van der Waals surface area contributed by atoms with Crippen molar-refractivity contribution in [1.29, 1.82) is 0 Å². The summed E-state index contributed by atoms with van der Waals surface area (Å²) < 4.78 is 53.1. The number of fused-ring (bicyclic) bond motifs is 4.